The minimum Gasteiger partial charge on any atom is -0.383 e. The van der Waals surface area contributed by atoms with E-state index in [2.05, 4.69) is 44.4 Å². The number of para-hydroxylation sites is 1. The van der Waals surface area contributed by atoms with Crippen molar-refractivity contribution in [3.8, 4) is 0 Å². The number of aromatic nitrogens is 1. The van der Waals surface area contributed by atoms with Crippen LogP contribution in [-0.4, -0.2) is 56.3 Å². The van der Waals surface area contributed by atoms with Gasteiger partial charge in [0.05, 0.1) is 12.1 Å². The lowest BCUT2D eigenvalue weighted by molar-refractivity contribution is 0.144. The zero-order valence-corrected chi connectivity index (χ0v) is 17.8. The van der Waals surface area contributed by atoms with Gasteiger partial charge in [0.2, 0.25) is 0 Å². The molecule has 0 atom stereocenters. The Labute approximate surface area is 177 Å². The highest BCUT2D eigenvalue weighted by Crippen LogP contribution is 2.20. The van der Waals surface area contributed by atoms with Gasteiger partial charge in [0.1, 0.15) is 0 Å². The van der Waals surface area contributed by atoms with Crippen LogP contribution in [0, 0.1) is 6.92 Å². The van der Waals surface area contributed by atoms with Gasteiger partial charge in [0.15, 0.2) is 0 Å². The van der Waals surface area contributed by atoms with Gasteiger partial charge in [-0.25, -0.2) is 0 Å². The summed E-state index contributed by atoms with van der Waals surface area (Å²) in [5.74, 6) is 0. The Balaban J connectivity index is 1.36. The number of rotatable bonds is 7. The number of nitrogens with zero attached hydrogens (tertiary/aromatic N) is 2. The number of H-pyrrole nitrogens is 1. The molecule has 6 nitrogen and oxygen atoms in total. The van der Waals surface area contributed by atoms with Gasteiger partial charge in [-0.2, -0.15) is 0 Å². The average Bonchev–Trinajstić information content (AvgIpc) is 2.78. The predicted octanol–water partition coefficient (Wildman–Crippen LogP) is 3.22. The minimum absolute atomic E-state index is 0.0349. The second-order valence-corrected chi connectivity index (χ2v) is 7.88. The third-order valence-electron chi connectivity index (χ3n) is 5.86. The summed E-state index contributed by atoms with van der Waals surface area (Å²) in [6.45, 7) is 8.49. The number of benzene rings is 2. The molecule has 1 fully saturated rings. The molecule has 0 aliphatic carbocycles. The van der Waals surface area contributed by atoms with Crippen molar-refractivity contribution in [2.24, 2.45) is 0 Å². The zero-order chi connectivity index (χ0) is 20.9. The molecule has 0 radical (unpaired) electrons. The summed E-state index contributed by atoms with van der Waals surface area (Å²) >= 11 is 0. The van der Waals surface area contributed by atoms with Crippen LogP contribution in [0.25, 0.3) is 10.9 Å². The first-order chi connectivity index (χ1) is 14.6. The molecule has 4 rings (SSSR count). The van der Waals surface area contributed by atoms with Crippen molar-refractivity contribution in [1.29, 1.82) is 0 Å². The van der Waals surface area contributed by atoms with Gasteiger partial charge in [0, 0.05) is 63.3 Å². The average molecular weight is 407 g/mol. The number of hydrogen-bond acceptors (Lipinski definition) is 5. The van der Waals surface area contributed by atoms with E-state index >= 15 is 0 Å². The Bertz CT molecular complexity index is 1040. The van der Waals surface area contributed by atoms with E-state index in [9.17, 15) is 4.79 Å². The number of piperazine rings is 1. The molecule has 0 spiro atoms. The summed E-state index contributed by atoms with van der Waals surface area (Å²) in [7, 11) is 1.75. The van der Waals surface area contributed by atoms with E-state index in [1.807, 2.05) is 31.2 Å². The molecule has 1 aromatic heterocycles. The van der Waals surface area contributed by atoms with Crippen molar-refractivity contribution in [2.45, 2.75) is 13.5 Å². The largest absolute Gasteiger partial charge is 0.383 e. The molecule has 1 aliphatic rings. The van der Waals surface area contributed by atoms with Crippen LogP contribution in [0.1, 0.15) is 11.1 Å². The Morgan fingerprint density at radius 2 is 1.83 bits per heavy atom. The van der Waals surface area contributed by atoms with Gasteiger partial charge in [0.25, 0.3) is 5.56 Å². The topological polar surface area (TPSA) is 60.6 Å². The van der Waals surface area contributed by atoms with Crippen LogP contribution >= 0.6 is 0 Å². The lowest BCUT2D eigenvalue weighted by Crippen LogP contribution is -2.47. The van der Waals surface area contributed by atoms with Crippen LogP contribution in [0.4, 0.5) is 11.4 Å². The predicted molar refractivity (Wildman–Crippen MR) is 124 cm³/mol. The van der Waals surface area contributed by atoms with Crippen LogP contribution < -0.4 is 15.8 Å². The number of aromatic amines is 1. The summed E-state index contributed by atoms with van der Waals surface area (Å²) in [5, 5.41) is 4.44. The number of anilines is 2. The lowest BCUT2D eigenvalue weighted by atomic mass is 10.1. The van der Waals surface area contributed by atoms with Crippen molar-refractivity contribution in [3.63, 3.8) is 0 Å². The second-order valence-electron chi connectivity index (χ2n) is 7.88. The summed E-state index contributed by atoms with van der Waals surface area (Å²) < 4.78 is 5.17. The molecule has 30 heavy (non-hydrogen) atoms. The summed E-state index contributed by atoms with van der Waals surface area (Å²) in [6.07, 6.45) is 0. The highest BCUT2D eigenvalue weighted by molar-refractivity contribution is 5.82. The van der Waals surface area contributed by atoms with E-state index in [1.54, 1.807) is 7.11 Å². The number of ether oxygens (including phenoxy) is 1. The summed E-state index contributed by atoms with van der Waals surface area (Å²) in [4.78, 5) is 20.3. The fraction of sp³-hybridized carbons (Fsp3) is 0.375. The van der Waals surface area contributed by atoms with Gasteiger partial charge >= 0.3 is 0 Å². The van der Waals surface area contributed by atoms with Gasteiger partial charge in [-0.1, -0.05) is 18.2 Å². The summed E-state index contributed by atoms with van der Waals surface area (Å²) in [5.41, 5.74) is 4.96. The second kappa shape index (κ2) is 9.32. The molecular weight excluding hydrogens is 376 g/mol. The third kappa shape index (κ3) is 4.66. The molecule has 0 bridgehead atoms. The number of pyridine rings is 1. The van der Waals surface area contributed by atoms with Crippen molar-refractivity contribution in [2.75, 3.05) is 56.7 Å². The molecule has 1 aliphatic heterocycles. The van der Waals surface area contributed by atoms with Crippen LogP contribution in [0.5, 0.6) is 0 Å². The molecule has 2 aromatic carbocycles. The van der Waals surface area contributed by atoms with E-state index in [0.717, 1.165) is 67.0 Å². The molecule has 0 amide bonds. The van der Waals surface area contributed by atoms with Crippen LogP contribution in [0.15, 0.2) is 53.3 Å². The molecule has 0 saturated carbocycles. The van der Waals surface area contributed by atoms with Gasteiger partial charge in [-0.3, -0.25) is 9.69 Å². The number of aryl methyl sites for hydroxylation is 1. The van der Waals surface area contributed by atoms with E-state index in [-0.39, 0.29) is 5.56 Å². The lowest BCUT2D eigenvalue weighted by Gasteiger charge is -2.36. The molecular formula is C24H30N4O2. The molecule has 2 N–H and O–H groups in total. The maximum absolute atomic E-state index is 12.4. The van der Waals surface area contributed by atoms with Crippen LogP contribution in [-0.2, 0) is 11.3 Å². The molecule has 2 heterocycles. The van der Waals surface area contributed by atoms with Gasteiger partial charge in [-0.05, 0) is 48.2 Å². The van der Waals surface area contributed by atoms with Crippen molar-refractivity contribution in [3.05, 3.63) is 70.0 Å². The zero-order valence-electron chi connectivity index (χ0n) is 17.8. The Hall–Kier alpha value is -2.83. The maximum atomic E-state index is 12.4. The smallest absolute Gasteiger partial charge is 0.253 e. The van der Waals surface area contributed by atoms with Crippen LogP contribution in [0.2, 0.25) is 0 Å². The number of hydrogen-bond donors (Lipinski definition) is 2. The van der Waals surface area contributed by atoms with Crippen molar-refractivity contribution < 1.29 is 4.74 Å². The first-order valence-electron chi connectivity index (χ1n) is 10.6. The molecule has 158 valence electrons. The fourth-order valence-corrected chi connectivity index (χ4v) is 4.00. The van der Waals surface area contributed by atoms with Gasteiger partial charge in [-0.15, -0.1) is 0 Å². The highest BCUT2D eigenvalue weighted by atomic mass is 16.5. The minimum atomic E-state index is -0.0349. The number of methoxy groups -OCH3 is 1. The van der Waals surface area contributed by atoms with E-state index in [0.29, 0.717) is 6.54 Å². The van der Waals surface area contributed by atoms with Crippen molar-refractivity contribution >= 4 is 22.3 Å². The molecule has 6 heteroatoms. The SMILES string of the molecule is COCCN1CCN(c2ccc(NCc3cc4cccc(C)c4[nH]c3=O)cc2)CC1. The van der Waals surface area contributed by atoms with E-state index in [4.69, 9.17) is 4.74 Å². The Morgan fingerprint density at radius 3 is 2.57 bits per heavy atom. The fourth-order valence-electron chi connectivity index (χ4n) is 4.00. The van der Waals surface area contributed by atoms with Crippen molar-refractivity contribution in [1.82, 2.24) is 9.88 Å². The van der Waals surface area contributed by atoms with Gasteiger partial charge < -0.3 is 19.9 Å². The quantitative estimate of drug-likeness (QED) is 0.631. The monoisotopic (exact) mass is 406 g/mol. The van der Waals surface area contributed by atoms with E-state index in [1.165, 1.54) is 5.69 Å². The molecule has 3 aromatic rings. The van der Waals surface area contributed by atoms with E-state index < -0.39 is 0 Å². The Kier molecular flexibility index (Phi) is 6.35. The molecule has 0 unspecified atom stereocenters. The first kappa shape index (κ1) is 20.4. The normalized spacial score (nSPS) is 14.9. The standard InChI is InChI=1S/C24H30N4O2/c1-18-4-3-5-19-16-20(24(29)26-23(18)19)17-25-21-6-8-22(9-7-21)28-12-10-27(11-13-28)14-15-30-2/h3-9,16,25H,10-15,17H2,1-2H3,(H,26,29). The van der Waals surface area contributed by atoms with Crippen LogP contribution in [0.3, 0.4) is 0 Å². The maximum Gasteiger partial charge on any atom is 0.253 e. The summed E-state index contributed by atoms with van der Waals surface area (Å²) in [6, 6.07) is 16.5. The highest BCUT2D eigenvalue weighted by Gasteiger charge is 2.16. The first-order valence-corrected chi connectivity index (χ1v) is 10.6. The Morgan fingerprint density at radius 1 is 1.07 bits per heavy atom. The third-order valence-corrected chi connectivity index (χ3v) is 5.86. The molecule has 1 saturated heterocycles. The number of nitrogens with one attached hydrogen (secondary N) is 2. The number of fused-ring (bicyclic) bond motifs is 1.